The van der Waals surface area contributed by atoms with Gasteiger partial charge in [0.05, 0.1) is 18.6 Å². The average molecular weight is 247 g/mol. The molecule has 0 bridgehead atoms. The zero-order chi connectivity index (χ0) is 12.0. The predicted octanol–water partition coefficient (Wildman–Crippen LogP) is 1.03. The zero-order valence-corrected chi connectivity index (χ0v) is 10.0. The maximum absolute atomic E-state index is 11.6. The van der Waals surface area contributed by atoms with Crippen LogP contribution in [-0.4, -0.2) is 25.9 Å². The SMILES string of the molecule is CCCCS(=O)(=O)NC(CO)c1ccco1. The van der Waals surface area contributed by atoms with Crippen molar-refractivity contribution < 1.29 is 17.9 Å². The molecule has 1 heterocycles. The van der Waals surface area contributed by atoms with Crippen molar-refractivity contribution in [2.24, 2.45) is 0 Å². The Morgan fingerprint density at radius 2 is 2.31 bits per heavy atom. The van der Waals surface area contributed by atoms with E-state index in [1.165, 1.54) is 6.26 Å². The Bertz CT molecular complexity index is 385. The third-order valence-corrected chi connectivity index (χ3v) is 3.63. The van der Waals surface area contributed by atoms with Crippen LogP contribution in [0.2, 0.25) is 0 Å². The second-order valence-electron chi connectivity index (χ2n) is 3.54. The van der Waals surface area contributed by atoms with Crippen molar-refractivity contribution in [1.82, 2.24) is 4.72 Å². The molecular weight excluding hydrogens is 230 g/mol. The van der Waals surface area contributed by atoms with Gasteiger partial charge in [0.2, 0.25) is 10.0 Å². The highest BCUT2D eigenvalue weighted by atomic mass is 32.2. The Morgan fingerprint density at radius 1 is 1.56 bits per heavy atom. The molecule has 0 aliphatic rings. The summed E-state index contributed by atoms with van der Waals surface area (Å²) in [6.45, 7) is 1.60. The van der Waals surface area contributed by atoms with Gasteiger partial charge in [0, 0.05) is 0 Å². The molecule has 1 aromatic heterocycles. The summed E-state index contributed by atoms with van der Waals surface area (Å²) in [6, 6.07) is 2.58. The first-order chi connectivity index (χ1) is 7.59. The van der Waals surface area contributed by atoms with E-state index in [2.05, 4.69) is 4.72 Å². The van der Waals surface area contributed by atoms with Crippen molar-refractivity contribution in [2.45, 2.75) is 25.8 Å². The highest BCUT2D eigenvalue weighted by Gasteiger charge is 2.20. The van der Waals surface area contributed by atoms with E-state index in [9.17, 15) is 8.42 Å². The van der Waals surface area contributed by atoms with Gasteiger partial charge in [0.1, 0.15) is 11.8 Å². The molecule has 1 atom stereocenters. The lowest BCUT2D eigenvalue weighted by atomic mass is 10.2. The number of hydrogen-bond acceptors (Lipinski definition) is 4. The van der Waals surface area contributed by atoms with E-state index in [0.29, 0.717) is 12.2 Å². The van der Waals surface area contributed by atoms with Crippen molar-refractivity contribution in [2.75, 3.05) is 12.4 Å². The molecular formula is C10H17NO4S. The molecule has 0 saturated carbocycles. The highest BCUT2D eigenvalue weighted by molar-refractivity contribution is 7.89. The van der Waals surface area contributed by atoms with E-state index < -0.39 is 16.1 Å². The minimum absolute atomic E-state index is 0.0701. The lowest BCUT2D eigenvalue weighted by Crippen LogP contribution is -2.32. The standard InChI is InChI=1S/C10H17NO4S/c1-2-3-7-16(13,14)11-9(8-12)10-5-4-6-15-10/h4-6,9,11-12H,2-3,7-8H2,1H3. The van der Waals surface area contributed by atoms with E-state index >= 15 is 0 Å². The van der Waals surface area contributed by atoms with Crippen LogP contribution < -0.4 is 4.72 Å². The Labute approximate surface area is 95.5 Å². The van der Waals surface area contributed by atoms with Gasteiger partial charge in [-0.25, -0.2) is 13.1 Å². The first-order valence-corrected chi connectivity index (χ1v) is 6.88. The van der Waals surface area contributed by atoms with Crippen molar-refractivity contribution in [3.63, 3.8) is 0 Å². The summed E-state index contributed by atoms with van der Waals surface area (Å²) in [7, 11) is -3.35. The third-order valence-electron chi connectivity index (χ3n) is 2.16. The second-order valence-corrected chi connectivity index (χ2v) is 5.41. The molecule has 0 aromatic carbocycles. The molecule has 0 amide bonds. The smallest absolute Gasteiger partial charge is 0.212 e. The van der Waals surface area contributed by atoms with Gasteiger partial charge in [-0.1, -0.05) is 13.3 Å². The summed E-state index contributed by atoms with van der Waals surface area (Å²) in [5.74, 6) is 0.489. The Balaban J connectivity index is 2.63. The topological polar surface area (TPSA) is 79.5 Å². The lowest BCUT2D eigenvalue weighted by molar-refractivity contribution is 0.242. The van der Waals surface area contributed by atoms with E-state index in [1.54, 1.807) is 12.1 Å². The molecule has 1 rings (SSSR count). The molecule has 0 radical (unpaired) electrons. The quantitative estimate of drug-likeness (QED) is 0.754. The monoisotopic (exact) mass is 247 g/mol. The number of nitrogens with one attached hydrogen (secondary N) is 1. The summed E-state index contributed by atoms with van der Waals surface area (Å²) >= 11 is 0. The number of unbranched alkanes of at least 4 members (excludes halogenated alkanes) is 1. The maximum atomic E-state index is 11.6. The molecule has 1 aromatic rings. The van der Waals surface area contributed by atoms with Crippen LogP contribution in [0.5, 0.6) is 0 Å². The number of aliphatic hydroxyl groups is 1. The Morgan fingerprint density at radius 3 is 2.81 bits per heavy atom. The van der Waals surface area contributed by atoms with Gasteiger partial charge in [0.15, 0.2) is 0 Å². The number of aliphatic hydroxyl groups excluding tert-OH is 1. The zero-order valence-electron chi connectivity index (χ0n) is 9.22. The number of rotatable bonds is 7. The van der Waals surface area contributed by atoms with E-state index in [0.717, 1.165) is 6.42 Å². The van der Waals surface area contributed by atoms with Crippen LogP contribution in [0.1, 0.15) is 31.6 Å². The summed E-state index contributed by atoms with van der Waals surface area (Å²) in [5, 5.41) is 9.10. The minimum atomic E-state index is -3.35. The first-order valence-electron chi connectivity index (χ1n) is 5.23. The first kappa shape index (κ1) is 13.2. The van der Waals surface area contributed by atoms with E-state index in [1.807, 2.05) is 6.92 Å². The molecule has 92 valence electrons. The van der Waals surface area contributed by atoms with Crippen LogP contribution in [0.3, 0.4) is 0 Å². The number of furan rings is 1. The van der Waals surface area contributed by atoms with Crippen molar-refractivity contribution in [3.05, 3.63) is 24.2 Å². The van der Waals surface area contributed by atoms with Gasteiger partial charge in [0.25, 0.3) is 0 Å². The van der Waals surface area contributed by atoms with Crippen LogP contribution in [0.25, 0.3) is 0 Å². The van der Waals surface area contributed by atoms with Gasteiger partial charge < -0.3 is 9.52 Å². The fraction of sp³-hybridized carbons (Fsp3) is 0.600. The van der Waals surface area contributed by atoms with E-state index in [-0.39, 0.29) is 12.4 Å². The van der Waals surface area contributed by atoms with Gasteiger partial charge in [-0.05, 0) is 18.6 Å². The number of sulfonamides is 1. The summed E-state index contributed by atoms with van der Waals surface area (Å²) in [6.07, 6.45) is 2.86. The third kappa shape index (κ3) is 3.96. The van der Waals surface area contributed by atoms with Gasteiger partial charge in [-0.3, -0.25) is 0 Å². The Kier molecular flexibility index (Phi) is 4.98. The molecule has 1 unspecified atom stereocenters. The fourth-order valence-corrected chi connectivity index (χ4v) is 2.70. The second kappa shape index (κ2) is 6.03. The average Bonchev–Trinajstić information content (AvgIpc) is 2.76. The van der Waals surface area contributed by atoms with Gasteiger partial charge >= 0.3 is 0 Å². The molecule has 16 heavy (non-hydrogen) atoms. The van der Waals surface area contributed by atoms with Gasteiger partial charge in [-0.2, -0.15) is 0 Å². The summed E-state index contributed by atoms with van der Waals surface area (Å²) < 4.78 is 30.6. The summed E-state index contributed by atoms with van der Waals surface area (Å²) in [4.78, 5) is 0. The molecule has 6 heteroatoms. The molecule has 0 aliphatic carbocycles. The molecule has 0 aliphatic heterocycles. The summed E-state index contributed by atoms with van der Waals surface area (Å²) in [5.41, 5.74) is 0. The van der Waals surface area contributed by atoms with Crippen LogP contribution in [0.15, 0.2) is 22.8 Å². The van der Waals surface area contributed by atoms with Crippen LogP contribution in [-0.2, 0) is 10.0 Å². The van der Waals surface area contributed by atoms with Crippen molar-refractivity contribution in [1.29, 1.82) is 0 Å². The molecule has 0 fully saturated rings. The molecule has 5 nitrogen and oxygen atoms in total. The van der Waals surface area contributed by atoms with Crippen LogP contribution in [0.4, 0.5) is 0 Å². The Hall–Kier alpha value is -0.850. The fourth-order valence-electron chi connectivity index (χ4n) is 1.28. The molecule has 0 spiro atoms. The molecule has 0 saturated heterocycles. The van der Waals surface area contributed by atoms with Crippen LogP contribution >= 0.6 is 0 Å². The molecule has 2 N–H and O–H groups in total. The van der Waals surface area contributed by atoms with Crippen molar-refractivity contribution >= 4 is 10.0 Å². The van der Waals surface area contributed by atoms with E-state index in [4.69, 9.17) is 9.52 Å². The van der Waals surface area contributed by atoms with Gasteiger partial charge in [-0.15, -0.1) is 0 Å². The highest BCUT2D eigenvalue weighted by Crippen LogP contribution is 2.14. The van der Waals surface area contributed by atoms with Crippen LogP contribution in [0, 0.1) is 0 Å². The minimum Gasteiger partial charge on any atom is -0.468 e. The van der Waals surface area contributed by atoms with Crippen molar-refractivity contribution in [3.8, 4) is 0 Å². The normalized spacial score (nSPS) is 13.9. The number of hydrogen-bond donors (Lipinski definition) is 2. The predicted molar refractivity (Wildman–Crippen MR) is 60.4 cm³/mol. The maximum Gasteiger partial charge on any atom is 0.212 e. The lowest BCUT2D eigenvalue weighted by Gasteiger charge is -2.13. The largest absolute Gasteiger partial charge is 0.468 e.